The van der Waals surface area contributed by atoms with Crippen LogP contribution in [-0.4, -0.2) is 38.9 Å². The first-order valence-electron chi connectivity index (χ1n) is 6.37. The van der Waals surface area contributed by atoms with Crippen LogP contribution in [0.1, 0.15) is 11.4 Å². The van der Waals surface area contributed by atoms with Gasteiger partial charge in [-0.3, -0.25) is 9.89 Å². The van der Waals surface area contributed by atoms with E-state index in [0.717, 1.165) is 5.56 Å². The first-order chi connectivity index (χ1) is 10.1. The molecule has 2 rings (SSSR count). The van der Waals surface area contributed by atoms with Gasteiger partial charge in [0.05, 0.1) is 6.54 Å². The molecule has 0 bridgehead atoms. The number of carbonyl (C=O) groups is 1. The monoisotopic (exact) mass is 291 g/mol. The molecule has 2 aromatic rings. The molecule has 8 nitrogen and oxygen atoms in total. The van der Waals surface area contributed by atoms with Crippen molar-refractivity contribution in [3.63, 3.8) is 0 Å². The summed E-state index contributed by atoms with van der Waals surface area (Å²) in [5, 5.41) is 18.4. The number of hydrogen-bond donors (Lipinski definition) is 4. The molecule has 0 aliphatic rings. The van der Waals surface area contributed by atoms with E-state index in [1.807, 2.05) is 25.1 Å². The Kier molecular flexibility index (Phi) is 4.72. The number of para-hydroxylation sites is 1. The van der Waals surface area contributed by atoms with Gasteiger partial charge in [-0.25, -0.2) is 0 Å². The van der Waals surface area contributed by atoms with Gasteiger partial charge in [-0.15, -0.1) is 5.10 Å². The summed E-state index contributed by atoms with van der Waals surface area (Å²) in [6, 6.07) is 7.37. The molecule has 1 aromatic heterocycles. The van der Waals surface area contributed by atoms with Gasteiger partial charge < -0.3 is 20.9 Å². The number of nitrogen functional groups attached to an aromatic ring is 1. The fourth-order valence-corrected chi connectivity index (χ4v) is 1.64. The van der Waals surface area contributed by atoms with E-state index in [-0.39, 0.29) is 19.1 Å². The average Bonchev–Trinajstić information content (AvgIpc) is 2.89. The Hall–Kier alpha value is -2.61. The van der Waals surface area contributed by atoms with Gasteiger partial charge in [-0.1, -0.05) is 18.2 Å². The topological polar surface area (TPSA) is 126 Å². The number of hydrogen-bond acceptors (Lipinski definition) is 6. The van der Waals surface area contributed by atoms with Gasteiger partial charge in [-0.2, -0.15) is 4.98 Å². The minimum Gasteiger partial charge on any atom is -0.490 e. The molecule has 21 heavy (non-hydrogen) atoms. The van der Waals surface area contributed by atoms with E-state index in [9.17, 15) is 9.90 Å². The standard InChI is InChI=1S/C13H17N5O3/c1-8-4-2-3-5-10(8)21-7-9(19)12(20)15-6-11-16-13(14)18-17-11/h2-5,9,19H,6-7H2,1H3,(H,15,20)(H3,14,16,17,18). The average molecular weight is 291 g/mol. The van der Waals surface area contributed by atoms with Crippen molar-refractivity contribution >= 4 is 11.9 Å². The minimum absolute atomic E-state index is 0.0997. The van der Waals surface area contributed by atoms with Gasteiger partial charge in [-0.05, 0) is 18.6 Å². The summed E-state index contributed by atoms with van der Waals surface area (Å²) in [6.45, 7) is 1.86. The number of carbonyl (C=O) groups excluding carboxylic acids is 1. The number of rotatable bonds is 6. The summed E-state index contributed by atoms with van der Waals surface area (Å²) in [5.74, 6) is 0.585. The summed E-state index contributed by atoms with van der Waals surface area (Å²) in [6.07, 6.45) is -1.27. The van der Waals surface area contributed by atoms with Crippen LogP contribution < -0.4 is 15.8 Å². The van der Waals surface area contributed by atoms with Gasteiger partial charge >= 0.3 is 0 Å². The number of nitrogens with one attached hydrogen (secondary N) is 2. The largest absolute Gasteiger partial charge is 0.490 e. The number of aromatic nitrogens is 3. The molecule has 1 heterocycles. The molecule has 0 saturated heterocycles. The maximum Gasteiger partial charge on any atom is 0.252 e. The normalized spacial score (nSPS) is 11.9. The van der Waals surface area contributed by atoms with Gasteiger partial charge in [0.15, 0.2) is 6.10 Å². The van der Waals surface area contributed by atoms with Crippen LogP contribution in [0.5, 0.6) is 5.75 Å². The van der Waals surface area contributed by atoms with Crippen molar-refractivity contribution in [1.29, 1.82) is 0 Å². The number of amides is 1. The number of benzene rings is 1. The van der Waals surface area contributed by atoms with Crippen molar-refractivity contribution in [2.75, 3.05) is 12.3 Å². The molecule has 8 heteroatoms. The lowest BCUT2D eigenvalue weighted by Crippen LogP contribution is -2.38. The number of nitrogens with zero attached hydrogens (tertiary/aromatic N) is 2. The van der Waals surface area contributed by atoms with Crippen molar-refractivity contribution in [3.05, 3.63) is 35.7 Å². The highest BCUT2D eigenvalue weighted by Gasteiger charge is 2.16. The van der Waals surface area contributed by atoms with E-state index in [2.05, 4.69) is 20.5 Å². The molecule has 5 N–H and O–H groups in total. The first kappa shape index (κ1) is 14.8. The second kappa shape index (κ2) is 6.71. The molecule has 0 aliphatic heterocycles. The molecule has 0 fully saturated rings. The van der Waals surface area contributed by atoms with Crippen LogP contribution in [0.25, 0.3) is 0 Å². The highest BCUT2D eigenvalue weighted by Crippen LogP contribution is 2.16. The van der Waals surface area contributed by atoms with Crippen LogP contribution in [0.2, 0.25) is 0 Å². The fraction of sp³-hybridized carbons (Fsp3) is 0.308. The molecular weight excluding hydrogens is 274 g/mol. The van der Waals surface area contributed by atoms with Crippen LogP contribution in [0, 0.1) is 6.92 Å². The molecule has 0 aliphatic carbocycles. The molecule has 1 unspecified atom stereocenters. The molecule has 1 atom stereocenters. The van der Waals surface area contributed by atoms with E-state index in [0.29, 0.717) is 11.6 Å². The zero-order valence-corrected chi connectivity index (χ0v) is 11.5. The number of ether oxygens (including phenoxy) is 1. The fourth-order valence-electron chi connectivity index (χ4n) is 1.64. The van der Waals surface area contributed by atoms with Gasteiger partial charge in [0, 0.05) is 0 Å². The first-order valence-corrected chi connectivity index (χ1v) is 6.37. The van der Waals surface area contributed by atoms with Gasteiger partial charge in [0.2, 0.25) is 5.95 Å². The third-order valence-corrected chi connectivity index (χ3v) is 2.77. The highest BCUT2D eigenvalue weighted by molar-refractivity contribution is 5.80. The summed E-state index contributed by atoms with van der Waals surface area (Å²) in [7, 11) is 0. The number of nitrogens with two attached hydrogens (primary N) is 1. The number of aliphatic hydroxyl groups excluding tert-OH is 1. The predicted octanol–water partition coefficient (Wildman–Crippen LogP) is -0.249. The quantitative estimate of drug-likeness (QED) is 0.581. The Morgan fingerprint density at radius 1 is 1.52 bits per heavy atom. The lowest BCUT2D eigenvalue weighted by Gasteiger charge is -2.13. The van der Waals surface area contributed by atoms with Gasteiger partial charge in [0.25, 0.3) is 5.91 Å². The predicted molar refractivity (Wildman–Crippen MR) is 75.3 cm³/mol. The van der Waals surface area contributed by atoms with Crippen LogP contribution in [0.3, 0.4) is 0 Å². The third kappa shape index (κ3) is 4.18. The molecule has 0 radical (unpaired) electrons. The van der Waals surface area contributed by atoms with Crippen molar-refractivity contribution in [2.45, 2.75) is 19.6 Å². The Labute approximate surface area is 121 Å². The highest BCUT2D eigenvalue weighted by atomic mass is 16.5. The van der Waals surface area contributed by atoms with E-state index in [1.54, 1.807) is 6.07 Å². The molecule has 1 amide bonds. The molecule has 0 spiro atoms. The summed E-state index contributed by atoms with van der Waals surface area (Å²) < 4.78 is 5.41. The molecule has 112 valence electrons. The van der Waals surface area contributed by atoms with Crippen LogP contribution in [0.4, 0.5) is 5.95 Å². The van der Waals surface area contributed by atoms with Crippen LogP contribution >= 0.6 is 0 Å². The second-order valence-corrected chi connectivity index (χ2v) is 4.45. The van der Waals surface area contributed by atoms with Crippen molar-refractivity contribution < 1.29 is 14.6 Å². The number of aromatic amines is 1. The van der Waals surface area contributed by atoms with Crippen molar-refractivity contribution in [3.8, 4) is 5.75 Å². The van der Waals surface area contributed by atoms with Crippen molar-refractivity contribution in [2.24, 2.45) is 0 Å². The lowest BCUT2D eigenvalue weighted by molar-refractivity contribution is -0.130. The smallest absolute Gasteiger partial charge is 0.252 e. The number of anilines is 1. The molecule has 1 aromatic carbocycles. The summed E-state index contributed by atoms with van der Waals surface area (Å²) in [4.78, 5) is 15.5. The lowest BCUT2D eigenvalue weighted by atomic mass is 10.2. The number of H-pyrrole nitrogens is 1. The van der Waals surface area contributed by atoms with Crippen LogP contribution in [-0.2, 0) is 11.3 Å². The zero-order chi connectivity index (χ0) is 15.2. The summed E-state index contributed by atoms with van der Waals surface area (Å²) >= 11 is 0. The minimum atomic E-state index is -1.27. The van der Waals surface area contributed by atoms with E-state index in [1.165, 1.54) is 0 Å². The number of aliphatic hydroxyl groups is 1. The SMILES string of the molecule is Cc1ccccc1OCC(O)C(=O)NCc1nc(N)n[nH]1. The number of aryl methyl sites for hydroxylation is 1. The molecule has 0 saturated carbocycles. The Morgan fingerprint density at radius 3 is 2.95 bits per heavy atom. The summed E-state index contributed by atoms with van der Waals surface area (Å²) in [5.41, 5.74) is 6.27. The van der Waals surface area contributed by atoms with E-state index >= 15 is 0 Å². The van der Waals surface area contributed by atoms with Crippen LogP contribution in [0.15, 0.2) is 24.3 Å². The maximum atomic E-state index is 11.7. The second-order valence-electron chi connectivity index (χ2n) is 4.45. The van der Waals surface area contributed by atoms with E-state index in [4.69, 9.17) is 10.5 Å². The third-order valence-electron chi connectivity index (χ3n) is 2.77. The maximum absolute atomic E-state index is 11.7. The Morgan fingerprint density at radius 2 is 2.29 bits per heavy atom. The van der Waals surface area contributed by atoms with E-state index < -0.39 is 12.0 Å². The Balaban J connectivity index is 1.78. The van der Waals surface area contributed by atoms with Crippen molar-refractivity contribution in [1.82, 2.24) is 20.5 Å². The molecular formula is C13H17N5O3. The zero-order valence-electron chi connectivity index (χ0n) is 11.5. The van der Waals surface area contributed by atoms with Gasteiger partial charge in [0.1, 0.15) is 18.2 Å². The Bertz CT molecular complexity index is 613.